The zero-order valence-electron chi connectivity index (χ0n) is 15.3. The fourth-order valence-electron chi connectivity index (χ4n) is 2.39. The third kappa shape index (κ3) is 6.93. The molecule has 3 rings (SSSR count). The van der Waals surface area contributed by atoms with E-state index in [1.807, 2.05) is 48.5 Å². The maximum atomic E-state index is 12.0. The minimum Gasteiger partial charge on any atom is -0.490 e. The van der Waals surface area contributed by atoms with E-state index >= 15 is 0 Å². The van der Waals surface area contributed by atoms with Gasteiger partial charge >= 0.3 is 0 Å². The van der Waals surface area contributed by atoms with E-state index < -0.39 is 0 Å². The van der Waals surface area contributed by atoms with Gasteiger partial charge in [-0.25, -0.2) is 5.43 Å². The Morgan fingerprint density at radius 1 is 0.966 bits per heavy atom. The molecule has 1 N–H and O–H groups in total. The highest BCUT2D eigenvalue weighted by molar-refractivity contribution is 9.10. The molecule has 0 radical (unpaired) electrons. The van der Waals surface area contributed by atoms with Gasteiger partial charge in [-0.05, 0) is 60.2 Å². The average Bonchev–Trinajstić information content (AvgIpc) is 2.73. The van der Waals surface area contributed by atoms with Gasteiger partial charge in [-0.2, -0.15) is 5.10 Å². The molecule has 3 aromatic rings. The minimum absolute atomic E-state index is 0.332. The van der Waals surface area contributed by atoms with Gasteiger partial charge in [0.1, 0.15) is 24.7 Å². The van der Waals surface area contributed by atoms with Gasteiger partial charge in [0.2, 0.25) is 0 Å². The van der Waals surface area contributed by atoms with Crippen LogP contribution in [-0.4, -0.2) is 25.3 Å². The molecule has 7 heteroatoms. The molecule has 0 atom stereocenters. The topological polar surface area (TPSA) is 59.9 Å². The van der Waals surface area contributed by atoms with Crippen LogP contribution in [0.25, 0.3) is 0 Å². The molecule has 0 heterocycles. The minimum atomic E-state index is -0.332. The number of hydrogen-bond acceptors (Lipinski definition) is 4. The first-order valence-electron chi connectivity index (χ1n) is 8.80. The summed E-state index contributed by atoms with van der Waals surface area (Å²) < 4.78 is 12.3. The molecule has 0 saturated heterocycles. The summed E-state index contributed by atoms with van der Waals surface area (Å²) in [5.41, 5.74) is 3.71. The van der Waals surface area contributed by atoms with Crippen LogP contribution in [0, 0.1) is 0 Å². The lowest BCUT2D eigenvalue weighted by Crippen LogP contribution is -2.17. The highest BCUT2D eigenvalue weighted by atomic mass is 79.9. The number of hydrazone groups is 1. The van der Waals surface area contributed by atoms with Crippen molar-refractivity contribution in [1.82, 2.24) is 5.43 Å². The van der Waals surface area contributed by atoms with E-state index in [9.17, 15) is 4.79 Å². The molecule has 0 unspecified atom stereocenters. The number of nitrogens with one attached hydrogen (secondary N) is 1. The zero-order valence-corrected chi connectivity index (χ0v) is 17.7. The van der Waals surface area contributed by atoms with Crippen molar-refractivity contribution in [1.29, 1.82) is 0 Å². The highest BCUT2D eigenvalue weighted by Gasteiger charge is 2.04. The van der Waals surface area contributed by atoms with Gasteiger partial charge in [-0.15, -0.1) is 0 Å². The third-order valence-electron chi connectivity index (χ3n) is 3.76. The van der Waals surface area contributed by atoms with Crippen molar-refractivity contribution in [2.45, 2.75) is 0 Å². The molecule has 0 bridgehead atoms. The maximum absolute atomic E-state index is 12.0. The van der Waals surface area contributed by atoms with Crippen LogP contribution in [0.2, 0.25) is 5.02 Å². The molecule has 0 saturated carbocycles. The number of carbonyl (C=O) groups excluding carboxylic acids is 1. The molecule has 0 aliphatic carbocycles. The smallest absolute Gasteiger partial charge is 0.271 e. The van der Waals surface area contributed by atoms with Crippen LogP contribution in [0.1, 0.15) is 15.9 Å². The second-order valence-electron chi connectivity index (χ2n) is 5.93. The van der Waals surface area contributed by atoms with E-state index in [-0.39, 0.29) is 5.91 Å². The molecular weight excluding hydrogens is 456 g/mol. The van der Waals surface area contributed by atoms with Crippen LogP contribution in [0.4, 0.5) is 0 Å². The number of hydrogen-bond donors (Lipinski definition) is 1. The van der Waals surface area contributed by atoms with Crippen molar-refractivity contribution in [3.05, 3.63) is 93.4 Å². The van der Waals surface area contributed by atoms with Crippen molar-refractivity contribution in [3.8, 4) is 11.5 Å². The normalized spacial score (nSPS) is 10.7. The largest absolute Gasteiger partial charge is 0.490 e. The highest BCUT2D eigenvalue weighted by Crippen LogP contribution is 2.16. The van der Waals surface area contributed by atoms with Crippen molar-refractivity contribution < 1.29 is 14.3 Å². The fourth-order valence-corrected chi connectivity index (χ4v) is 2.85. The lowest BCUT2D eigenvalue weighted by Gasteiger charge is -2.09. The molecule has 0 aliphatic heterocycles. The predicted molar refractivity (Wildman–Crippen MR) is 118 cm³/mol. The van der Waals surface area contributed by atoms with Crippen molar-refractivity contribution in [2.75, 3.05) is 13.2 Å². The van der Waals surface area contributed by atoms with E-state index in [1.54, 1.807) is 30.5 Å². The van der Waals surface area contributed by atoms with E-state index in [1.165, 1.54) is 0 Å². The van der Waals surface area contributed by atoms with Crippen LogP contribution < -0.4 is 14.9 Å². The average molecular weight is 474 g/mol. The Balaban J connectivity index is 1.46. The van der Waals surface area contributed by atoms with E-state index in [2.05, 4.69) is 26.5 Å². The molecule has 0 aromatic heterocycles. The van der Waals surface area contributed by atoms with E-state index in [0.717, 1.165) is 15.8 Å². The van der Waals surface area contributed by atoms with Gasteiger partial charge in [-0.3, -0.25) is 4.79 Å². The maximum Gasteiger partial charge on any atom is 0.271 e. The summed E-state index contributed by atoms with van der Waals surface area (Å²) in [7, 11) is 0. The molecule has 1 amide bonds. The Bertz CT molecular complexity index is 993. The van der Waals surface area contributed by atoms with Crippen molar-refractivity contribution >= 4 is 39.7 Å². The number of ether oxygens (including phenoxy) is 2. The van der Waals surface area contributed by atoms with Crippen LogP contribution in [0.3, 0.4) is 0 Å². The van der Waals surface area contributed by atoms with Gasteiger partial charge in [0.15, 0.2) is 0 Å². The second kappa shape index (κ2) is 10.6. The van der Waals surface area contributed by atoms with Gasteiger partial charge < -0.3 is 9.47 Å². The van der Waals surface area contributed by atoms with Crippen LogP contribution in [0.15, 0.2) is 82.4 Å². The summed E-state index contributed by atoms with van der Waals surface area (Å²) in [4.78, 5) is 12.0. The number of rotatable bonds is 8. The Morgan fingerprint density at radius 3 is 2.45 bits per heavy atom. The first kappa shape index (κ1) is 20.9. The fraction of sp³-hybridized carbons (Fsp3) is 0.0909. The quantitative estimate of drug-likeness (QED) is 0.273. The van der Waals surface area contributed by atoms with Gasteiger partial charge in [0.25, 0.3) is 5.91 Å². The number of carbonyl (C=O) groups is 1. The van der Waals surface area contributed by atoms with Gasteiger partial charge in [0, 0.05) is 15.1 Å². The number of benzene rings is 3. The number of nitrogens with zero attached hydrogens (tertiary/aromatic N) is 1. The first-order chi connectivity index (χ1) is 14.1. The predicted octanol–water partition coefficient (Wildman–Crippen LogP) is 5.32. The van der Waals surface area contributed by atoms with Crippen molar-refractivity contribution in [2.24, 2.45) is 5.10 Å². The number of halogens is 2. The molecule has 5 nitrogen and oxygen atoms in total. The van der Waals surface area contributed by atoms with Gasteiger partial charge in [-0.1, -0.05) is 45.7 Å². The Kier molecular flexibility index (Phi) is 7.67. The van der Waals surface area contributed by atoms with Crippen molar-refractivity contribution in [3.63, 3.8) is 0 Å². The molecule has 3 aromatic carbocycles. The standard InChI is InChI=1S/C22H18BrClN2O3/c23-18-7-9-20(10-8-18)28-11-12-29-21-6-1-3-16(13-21)15-25-26-22(27)17-4-2-5-19(24)14-17/h1-10,13-15H,11-12H2,(H,26,27)/b25-15-. The summed E-state index contributed by atoms with van der Waals surface area (Å²) in [5, 5.41) is 4.48. The summed E-state index contributed by atoms with van der Waals surface area (Å²) in [6, 6.07) is 21.7. The summed E-state index contributed by atoms with van der Waals surface area (Å²) >= 11 is 9.27. The van der Waals surface area contributed by atoms with Crippen LogP contribution in [-0.2, 0) is 0 Å². The molecule has 0 fully saturated rings. The third-order valence-corrected chi connectivity index (χ3v) is 4.52. The number of amides is 1. The second-order valence-corrected chi connectivity index (χ2v) is 7.28. The zero-order chi connectivity index (χ0) is 20.5. The molecule has 0 aliphatic rings. The Morgan fingerprint density at radius 2 is 1.69 bits per heavy atom. The SMILES string of the molecule is O=C(N/N=C\c1cccc(OCCOc2ccc(Br)cc2)c1)c1cccc(Cl)c1. The molecule has 0 spiro atoms. The molecule has 29 heavy (non-hydrogen) atoms. The Hall–Kier alpha value is -2.83. The van der Waals surface area contributed by atoms with Gasteiger partial charge in [0.05, 0.1) is 6.21 Å². The lowest BCUT2D eigenvalue weighted by molar-refractivity contribution is 0.0955. The summed E-state index contributed by atoms with van der Waals surface area (Å²) in [6.07, 6.45) is 1.55. The Labute approximate surface area is 182 Å². The monoisotopic (exact) mass is 472 g/mol. The molecule has 148 valence electrons. The summed E-state index contributed by atoms with van der Waals surface area (Å²) in [5.74, 6) is 1.14. The summed E-state index contributed by atoms with van der Waals surface area (Å²) in [6.45, 7) is 0.831. The molecular formula is C22H18BrClN2O3. The van der Waals surface area contributed by atoms with Crippen LogP contribution >= 0.6 is 27.5 Å². The van der Waals surface area contributed by atoms with E-state index in [0.29, 0.717) is 29.5 Å². The van der Waals surface area contributed by atoms with E-state index in [4.69, 9.17) is 21.1 Å². The lowest BCUT2D eigenvalue weighted by atomic mass is 10.2. The first-order valence-corrected chi connectivity index (χ1v) is 9.97. The van der Waals surface area contributed by atoms with Crippen LogP contribution in [0.5, 0.6) is 11.5 Å².